The highest BCUT2D eigenvalue weighted by Crippen LogP contribution is 2.13. The van der Waals surface area contributed by atoms with Gasteiger partial charge in [0.05, 0.1) is 24.3 Å². The van der Waals surface area contributed by atoms with Crippen molar-refractivity contribution >= 4 is 12.1 Å². The molecular weight excluding hydrogens is 308 g/mol. The molecule has 0 heterocycles. The van der Waals surface area contributed by atoms with Gasteiger partial charge in [0.25, 0.3) is 0 Å². The summed E-state index contributed by atoms with van der Waals surface area (Å²) in [5.74, 6) is -0.373. The second-order valence-corrected chi connectivity index (χ2v) is 4.32. The first-order valence-corrected chi connectivity index (χ1v) is 7.11. The lowest BCUT2D eigenvalue weighted by Gasteiger charge is -2.05. The number of hydrogen-bond donors (Lipinski definition) is 0. The maximum atomic E-state index is 11.6. The van der Waals surface area contributed by atoms with Gasteiger partial charge >= 0.3 is 12.1 Å². The molecule has 8 nitrogen and oxygen atoms in total. The van der Waals surface area contributed by atoms with E-state index in [1.54, 1.807) is 12.1 Å². The normalized spacial score (nSPS) is 10.0. The average Bonchev–Trinajstić information content (AvgIpc) is 2.58. The van der Waals surface area contributed by atoms with E-state index >= 15 is 0 Å². The van der Waals surface area contributed by atoms with Gasteiger partial charge in [-0.3, -0.25) is 4.89 Å². The molecule has 0 saturated carbocycles. The van der Waals surface area contributed by atoms with Gasteiger partial charge in [-0.05, 0) is 24.6 Å². The number of benzene rings is 1. The Morgan fingerprint density at radius 1 is 1.09 bits per heavy atom. The van der Waals surface area contributed by atoms with Gasteiger partial charge in [-0.1, -0.05) is 19.4 Å². The van der Waals surface area contributed by atoms with Crippen molar-refractivity contribution in [3.63, 3.8) is 0 Å². The lowest BCUT2D eigenvalue weighted by Crippen LogP contribution is -2.14. The summed E-state index contributed by atoms with van der Waals surface area (Å²) in [7, 11) is 1.46. The Labute approximate surface area is 134 Å². The van der Waals surface area contributed by atoms with Crippen molar-refractivity contribution in [2.24, 2.45) is 0 Å². The fourth-order valence-corrected chi connectivity index (χ4v) is 1.43. The highest BCUT2D eigenvalue weighted by Gasteiger charge is 2.12. The Morgan fingerprint density at radius 3 is 2.65 bits per heavy atom. The van der Waals surface area contributed by atoms with E-state index in [9.17, 15) is 9.59 Å². The Bertz CT molecular complexity index is 488. The van der Waals surface area contributed by atoms with Crippen LogP contribution in [0.25, 0.3) is 0 Å². The second-order valence-electron chi connectivity index (χ2n) is 4.32. The zero-order chi connectivity index (χ0) is 16.9. The molecule has 1 aromatic carbocycles. The smallest absolute Gasteiger partial charge is 0.497 e. The highest BCUT2D eigenvalue weighted by molar-refractivity contribution is 5.89. The van der Waals surface area contributed by atoms with Gasteiger partial charge in [0.15, 0.2) is 0 Å². The van der Waals surface area contributed by atoms with Crippen molar-refractivity contribution in [3.8, 4) is 5.75 Å². The van der Waals surface area contributed by atoms with Crippen molar-refractivity contribution in [3.05, 3.63) is 29.8 Å². The predicted molar refractivity (Wildman–Crippen MR) is 77.7 cm³/mol. The molecule has 0 bridgehead atoms. The van der Waals surface area contributed by atoms with Gasteiger partial charge in [0.1, 0.15) is 12.4 Å². The molecule has 1 aromatic rings. The van der Waals surface area contributed by atoms with Crippen LogP contribution in [0.2, 0.25) is 0 Å². The van der Waals surface area contributed by atoms with Gasteiger partial charge in [-0.2, -0.15) is 0 Å². The Morgan fingerprint density at radius 2 is 1.91 bits per heavy atom. The summed E-state index contributed by atoms with van der Waals surface area (Å²) in [6, 6.07) is 6.19. The molecule has 8 heteroatoms. The predicted octanol–water partition coefficient (Wildman–Crippen LogP) is 2.67. The van der Waals surface area contributed by atoms with Crippen LogP contribution in [0.5, 0.6) is 5.75 Å². The average molecular weight is 328 g/mol. The maximum absolute atomic E-state index is 11.6. The summed E-state index contributed by atoms with van der Waals surface area (Å²) in [4.78, 5) is 31.2. The van der Waals surface area contributed by atoms with Crippen LogP contribution in [0.1, 0.15) is 30.1 Å². The summed E-state index contributed by atoms with van der Waals surface area (Å²) in [5.41, 5.74) is 0.172. The summed E-state index contributed by atoms with van der Waals surface area (Å²) in [6.07, 6.45) is 0.825. The van der Waals surface area contributed by atoms with Crippen LogP contribution >= 0.6 is 0 Å². The number of rotatable bonds is 10. The molecule has 0 atom stereocenters. The molecule has 0 aliphatic heterocycles. The van der Waals surface area contributed by atoms with Crippen molar-refractivity contribution in [2.75, 3.05) is 26.9 Å². The minimum absolute atomic E-state index is 0.00966. The van der Waals surface area contributed by atoms with Crippen molar-refractivity contribution in [2.45, 2.75) is 19.8 Å². The highest BCUT2D eigenvalue weighted by atomic mass is 17.5. The lowest BCUT2D eigenvalue weighted by molar-refractivity contribution is -0.452. The van der Waals surface area contributed by atoms with Crippen molar-refractivity contribution in [1.82, 2.24) is 0 Å². The van der Waals surface area contributed by atoms with Crippen LogP contribution in [0.3, 0.4) is 0 Å². The minimum atomic E-state index is -1.14. The Balaban J connectivity index is 2.15. The molecule has 0 saturated heterocycles. The van der Waals surface area contributed by atoms with Crippen LogP contribution < -0.4 is 4.74 Å². The molecule has 0 N–H and O–H groups in total. The molecule has 23 heavy (non-hydrogen) atoms. The topological polar surface area (TPSA) is 89.5 Å². The molecule has 0 unspecified atom stereocenters. The lowest BCUT2D eigenvalue weighted by atomic mass is 10.2. The molecule has 0 aromatic heterocycles. The number of methoxy groups -OCH3 is 1. The summed E-state index contributed by atoms with van der Waals surface area (Å²) in [6.45, 7) is 2.90. The van der Waals surface area contributed by atoms with E-state index in [2.05, 4.69) is 19.6 Å². The first kappa shape index (κ1) is 18.7. The first-order valence-electron chi connectivity index (χ1n) is 7.11. The van der Waals surface area contributed by atoms with E-state index in [-0.39, 0.29) is 18.8 Å². The van der Waals surface area contributed by atoms with Gasteiger partial charge in [-0.25, -0.2) is 14.5 Å². The number of unbranched alkanes of at least 4 members (excludes halogenated alkanes) is 1. The van der Waals surface area contributed by atoms with E-state index < -0.39 is 12.1 Å². The third-order valence-electron chi connectivity index (χ3n) is 2.61. The summed E-state index contributed by atoms with van der Waals surface area (Å²) in [5, 5.41) is 4.08. The fraction of sp³-hybridized carbons (Fsp3) is 0.467. The van der Waals surface area contributed by atoms with Crippen LogP contribution in [-0.2, 0) is 24.3 Å². The summed E-state index contributed by atoms with van der Waals surface area (Å²) < 4.78 is 14.8. The molecule has 1 rings (SSSR count). The number of carbonyl (C=O) groups is 2. The quantitative estimate of drug-likeness (QED) is 0.280. The minimum Gasteiger partial charge on any atom is -0.497 e. The molecule has 0 spiro atoms. The standard InChI is InChI=1S/C15H20O8/c1-3-4-8-19-9-10-20-15(17)22-23-21-14(16)12-6-5-7-13(11-12)18-2/h5-7,11H,3-4,8-10H2,1-2H3. The van der Waals surface area contributed by atoms with E-state index in [1.807, 2.05) is 6.92 Å². The SMILES string of the molecule is CCCCOCCOC(=O)OOOC(=O)c1cccc(OC)c1. The zero-order valence-electron chi connectivity index (χ0n) is 13.1. The van der Waals surface area contributed by atoms with E-state index in [4.69, 9.17) is 9.47 Å². The summed E-state index contributed by atoms with van der Waals surface area (Å²) >= 11 is 0. The Hall–Kier alpha value is -2.32. The van der Waals surface area contributed by atoms with Crippen molar-refractivity contribution in [1.29, 1.82) is 0 Å². The largest absolute Gasteiger partial charge is 0.543 e. The number of hydrogen-bond acceptors (Lipinski definition) is 8. The van der Waals surface area contributed by atoms with Crippen LogP contribution in [0, 0.1) is 0 Å². The van der Waals surface area contributed by atoms with Crippen molar-refractivity contribution < 1.29 is 38.6 Å². The first-order chi connectivity index (χ1) is 11.2. The molecule has 0 fully saturated rings. The molecule has 0 amide bonds. The third kappa shape index (κ3) is 8.03. The van der Waals surface area contributed by atoms with Gasteiger partial charge in [-0.15, -0.1) is 0 Å². The van der Waals surface area contributed by atoms with E-state index in [0.29, 0.717) is 12.4 Å². The third-order valence-corrected chi connectivity index (χ3v) is 2.61. The molecule has 0 aliphatic carbocycles. The van der Waals surface area contributed by atoms with Crippen LogP contribution in [0.15, 0.2) is 24.3 Å². The fourth-order valence-electron chi connectivity index (χ4n) is 1.43. The second kappa shape index (κ2) is 11.3. The van der Waals surface area contributed by atoms with Gasteiger partial charge < -0.3 is 14.2 Å². The van der Waals surface area contributed by atoms with E-state index in [0.717, 1.165) is 12.8 Å². The maximum Gasteiger partial charge on any atom is 0.543 e. The van der Waals surface area contributed by atoms with Gasteiger partial charge in [0, 0.05) is 6.61 Å². The van der Waals surface area contributed by atoms with E-state index in [1.165, 1.54) is 19.2 Å². The monoisotopic (exact) mass is 328 g/mol. The Kier molecular flexibility index (Phi) is 9.18. The van der Waals surface area contributed by atoms with Crippen LogP contribution in [-0.4, -0.2) is 39.1 Å². The molecule has 0 aliphatic rings. The van der Waals surface area contributed by atoms with Gasteiger partial charge in [0.2, 0.25) is 0 Å². The zero-order valence-corrected chi connectivity index (χ0v) is 13.1. The molecule has 0 radical (unpaired) electrons. The molecular formula is C15H20O8. The number of ether oxygens (including phenoxy) is 3. The molecule has 128 valence electrons. The van der Waals surface area contributed by atoms with Crippen LogP contribution in [0.4, 0.5) is 4.79 Å². The number of carbonyl (C=O) groups excluding carboxylic acids is 2.